The van der Waals surface area contributed by atoms with E-state index in [0.29, 0.717) is 24.3 Å². The molecule has 1 fully saturated rings. The van der Waals surface area contributed by atoms with E-state index >= 15 is 0 Å². The van der Waals surface area contributed by atoms with Gasteiger partial charge < -0.3 is 10.8 Å². The zero-order valence-corrected chi connectivity index (χ0v) is 15.3. The number of aliphatic hydroxyl groups excluding tert-OH is 1. The SMILES string of the molecule is Nc1nccn2c(C3CCC(CO)CC3)nc(-c3ccc4c(c3)C=CC4)c12. The van der Waals surface area contributed by atoms with Gasteiger partial charge in [-0.25, -0.2) is 9.97 Å². The van der Waals surface area contributed by atoms with Crippen molar-refractivity contribution in [3.05, 3.63) is 53.6 Å². The Hall–Kier alpha value is -2.66. The third kappa shape index (κ3) is 2.73. The van der Waals surface area contributed by atoms with Gasteiger partial charge in [0.2, 0.25) is 0 Å². The molecule has 3 N–H and O–H groups in total. The molecule has 0 spiro atoms. The summed E-state index contributed by atoms with van der Waals surface area (Å²) in [5, 5.41) is 9.43. The van der Waals surface area contributed by atoms with Gasteiger partial charge in [0, 0.05) is 30.5 Å². The molecule has 27 heavy (non-hydrogen) atoms. The van der Waals surface area contributed by atoms with Crippen LogP contribution in [0.25, 0.3) is 22.9 Å². The van der Waals surface area contributed by atoms with Crippen LogP contribution >= 0.6 is 0 Å². The first-order chi connectivity index (χ1) is 13.2. The highest BCUT2D eigenvalue weighted by molar-refractivity contribution is 5.86. The molecule has 5 rings (SSSR count). The number of hydrogen-bond donors (Lipinski definition) is 2. The lowest BCUT2D eigenvalue weighted by atomic mass is 9.82. The van der Waals surface area contributed by atoms with E-state index in [1.807, 2.05) is 6.20 Å². The van der Waals surface area contributed by atoms with Gasteiger partial charge in [0.15, 0.2) is 0 Å². The van der Waals surface area contributed by atoms with Gasteiger partial charge in [-0.3, -0.25) is 4.40 Å². The number of anilines is 1. The summed E-state index contributed by atoms with van der Waals surface area (Å²) in [4.78, 5) is 9.40. The molecule has 0 radical (unpaired) electrons. The van der Waals surface area contributed by atoms with Crippen LogP contribution in [0, 0.1) is 5.92 Å². The summed E-state index contributed by atoms with van der Waals surface area (Å²) < 4.78 is 2.13. The van der Waals surface area contributed by atoms with E-state index in [1.165, 1.54) is 11.1 Å². The number of benzene rings is 1. The number of nitrogens with two attached hydrogens (primary N) is 1. The van der Waals surface area contributed by atoms with Gasteiger partial charge in [0.1, 0.15) is 22.9 Å². The maximum atomic E-state index is 9.43. The predicted octanol–water partition coefficient (Wildman–Crippen LogP) is 3.81. The summed E-state index contributed by atoms with van der Waals surface area (Å²) in [6.07, 6.45) is 13.3. The molecular formula is C22H24N4O. The molecule has 0 aliphatic heterocycles. The summed E-state index contributed by atoms with van der Waals surface area (Å²) in [7, 11) is 0. The lowest BCUT2D eigenvalue weighted by Crippen LogP contribution is -2.17. The molecule has 5 heteroatoms. The average molecular weight is 360 g/mol. The van der Waals surface area contributed by atoms with Crippen LogP contribution in [0.4, 0.5) is 5.82 Å². The fraction of sp³-hybridized carbons (Fsp3) is 0.364. The van der Waals surface area contributed by atoms with Crippen LogP contribution in [-0.2, 0) is 6.42 Å². The Kier molecular flexibility index (Phi) is 3.97. The van der Waals surface area contributed by atoms with Crippen LogP contribution in [-0.4, -0.2) is 26.1 Å². The van der Waals surface area contributed by atoms with E-state index in [1.54, 1.807) is 6.20 Å². The highest BCUT2D eigenvalue weighted by Crippen LogP contribution is 2.38. The summed E-state index contributed by atoms with van der Waals surface area (Å²) in [6, 6.07) is 6.54. The topological polar surface area (TPSA) is 76.4 Å². The van der Waals surface area contributed by atoms with Crippen LogP contribution in [0.2, 0.25) is 0 Å². The summed E-state index contributed by atoms with van der Waals surface area (Å²) in [5.41, 5.74) is 11.8. The Balaban J connectivity index is 1.62. The minimum Gasteiger partial charge on any atom is -0.396 e. The molecule has 1 saturated carbocycles. The molecule has 2 aromatic heterocycles. The van der Waals surface area contributed by atoms with Crippen molar-refractivity contribution in [3.63, 3.8) is 0 Å². The van der Waals surface area contributed by atoms with E-state index in [9.17, 15) is 5.11 Å². The van der Waals surface area contributed by atoms with Crippen molar-refractivity contribution in [2.45, 2.75) is 38.0 Å². The van der Waals surface area contributed by atoms with Crippen molar-refractivity contribution in [1.29, 1.82) is 0 Å². The number of fused-ring (bicyclic) bond motifs is 2. The molecule has 1 aromatic carbocycles. The molecule has 0 bridgehead atoms. The number of nitrogen functional groups attached to an aromatic ring is 1. The minimum atomic E-state index is 0.291. The average Bonchev–Trinajstić information content (AvgIpc) is 3.33. The molecule has 0 unspecified atom stereocenters. The van der Waals surface area contributed by atoms with Crippen LogP contribution in [0.1, 0.15) is 48.6 Å². The molecule has 2 heterocycles. The first-order valence-electron chi connectivity index (χ1n) is 9.77. The fourth-order valence-electron chi connectivity index (χ4n) is 4.58. The number of hydrogen-bond acceptors (Lipinski definition) is 4. The number of allylic oxidation sites excluding steroid dienone is 1. The number of rotatable bonds is 3. The molecule has 3 aromatic rings. The fourth-order valence-corrected chi connectivity index (χ4v) is 4.58. The predicted molar refractivity (Wildman–Crippen MR) is 107 cm³/mol. The highest BCUT2D eigenvalue weighted by Gasteiger charge is 2.27. The van der Waals surface area contributed by atoms with E-state index in [0.717, 1.165) is 54.7 Å². The Morgan fingerprint density at radius 2 is 2.04 bits per heavy atom. The van der Waals surface area contributed by atoms with Crippen molar-refractivity contribution in [2.75, 3.05) is 12.3 Å². The van der Waals surface area contributed by atoms with E-state index in [2.05, 4.69) is 39.7 Å². The van der Waals surface area contributed by atoms with E-state index < -0.39 is 0 Å². The number of imidazole rings is 1. The molecule has 0 atom stereocenters. The summed E-state index contributed by atoms with van der Waals surface area (Å²) in [5.74, 6) is 2.42. The first-order valence-corrected chi connectivity index (χ1v) is 9.77. The molecule has 5 nitrogen and oxygen atoms in total. The third-order valence-corrected chi connectivity index (χ3v) is 6.13. The standard InChI is InChI=1S/C22H24N4O/c23-21-20-19(18-9-8-15-2-1-3-17(15)12-18)25-22(26(20)11-10-24-21)16-6-4-14(13-27)5-7-16/h1,3,8-12,14,16,27H,2,4-7,13H2,(H2,23,24). The van der Waals surface area contributed by atoms with Crippen LogP contribution in [0.15, 0.2) is 36.7 Å². The molecule has 2 aliphatic carbocycles. The third-order valence-electron chi connectivity index (χ3n) is 6.13. The van der Waals surface area contributed by atoms with Crippen LogP contribution < -0.4 is 5.73 Å². The van der Waals surface area contributed by atoms with Crippen LogP contribution in [0.5, 0.6) is 0 Å². The quantitative estimate of drug-likeness (QED) is 0.744. The number of aliphatic hydroxyl groups is 1. The van der Waals surface area contributed by atoms with Gasteiger partial charge in [0.25, 0.3) is 0 Å². The molecule has 138 valence electrons. The zero-order chi connectivity index (χ0) is 18.4. The monoisotopic (exact) mass is 360 g/mol. The number of aromatic nitrogens is 3. The zero-order valence-electron chi connectivity index (χ0n) is 15.3. The lowest BCUT2D eigenvalue weighted by Gasteiger charge is -2.26. The molecule has 0 saturated heterocycles. The van der Waals surface area contributed by atoms with Gasteiger partial charge in [-0.15, -0.1) is 0 Å². The van der Waals surface area contributed by atoms with E-state index in [-0.39, 0.29) is 0 Å². The smallest absolute Gasteiger partial charge is 0.150 e. The van der Waals surface area contributed by atoms with Crippen molar-refractivity contribution in [3.8, 4) is 11.3 Å². The Bertz CT molecular complexity index is 1030. The Morgan fingerprint density at radius 3 is 2.85 bits per heavy atom. The van der Waals surface area contributed by atoms with Gasteiger partial charge in [-0.2, -0.15) is 0 Å². The largest absolute Gasteiger partial charge is 0.396 e. The van der Waals surface area contributed by atoms with E-state index in [4.69, 9.17) is 10.7 Å². The number of nitrogens with zero attached hydrogens (tertiary/aromatic N) is 3. The second-order valence-corrected chi connectivity index (χ2v) is 7.77. The lowest BCUT2D eigenvalue weighted by molar-refractivity contribution is 0.181. The summed E-state index contributed by atoms with van der Waals surface area (Å²) in [6.45, 7) is 0.291. The maximum Gasteiger partial charge on any atom is 0.150 e. The first kappa shape index (κ1) is 16.5. The van der Waals surface area contributed by atoms with Gasteiger partial charge in [-0.1, -0.05) is 24.3 Å². The molecular weight excluding hydrogens is 336 g/mol. The van der Waals surface area contributed by atoms with Crippen molar-refractivity contribution in [1.82, 2.24) is 14.4 Å². The second-order valence-electron chi connectivity index (χ2n) is 7.77. The van der Waals surface area contributed by atoms with Crippen molar-refractivity contribution in [2.24, 2.45) is 5.92 Å². The summed E-state index contributed by atoms with van der Waals surface area (Å²) >= 11 is 0. The molecule has 0 amide bonds. The second kappa shape index (κ2) is 6.50. The van der Waals surface area contributed by atoms with Crippen molar-refractivity contribution < 1.29 is 5.11 Å². The Morgan fingerprint density at radius 1 is 1.19 bits per heavy atom. The van der Waals surface area contributed by atoms with Gasteiger partial charge in [-0.05, 0) is 55.2 Å². The Labute approximate surface area is 158 Å². The van der Waals surface area contributed by atoms with Crippen LogP contribution in [0.3, 0.4) is 0 Å². The molecule has 2 aliphatic rings. The maximum absolute atomic E-state index is 9.43. The normalized spacial score (nSPS) is 21.7. The van der Waals surface area contributed by atoms with Gasteiger partial charge in [0.05, 0.1) is 0 Å². The van der Waals surface area contributed by atoms with Gasteiger partial charge >= 0.3 is 0 Å². The minimum absolute atomic E-state index is 0.291. The van der Waals surface area contributed by atoms with Crippen molar-refractivity contribution >= 4 is 17.4 Å². The highest BCUT2D eigenvalue weighted by atomic mass is 16.3.